The van der Waals surface area contributed by atoms with Crippen molar-refractivity contribution in [3.63, 3.8) is 0 Å². The van der Waals surface area contributed by atoms with Gasteiger partial charge < -0.3 is 9.73 Å². The van der Waals surface area contributed by atoms with E-state index in [1.807, 2.05) is 25.4 Å². The molecule has 1 unspecified atom stereocenters. The van der Waals surface area contributed by atoms with Crippen LogP contribution in [0.5, 0.6) is 0 Å². The Bertz CT molecular complexity index is 453. The molecule has 1 N–H and O–H groups in total. The molecular weight excluding hydrogens is 278 g/mol. The lowest BCUT2D eigenvalue weighted by molar-refractivity contribution is 0.538. The fourth-order valence-corrected chi connectivity index (χ4v) is 2.36. The highest BCUT2D eigenvalue weighted by molar-refractivity contribution is 9.10. The molecule has 3 heteroatoms. The number of likely N-dealkylation sites (N-methyl/N-ethyl adjacent to an activating group) is 1. The molecule has 0 fully saturated rings. The van der Waals surface area contributed by atoms with Crippen molar-refractivity contribution in [2.75, 3.05) is 7.05 Å². The molecule has 1 heterocycles. The molecule has 2 nitrogen and oxygen atoms in total. The molecule has 0 bridgehead atoms. The van der Waals surface area contributed by atoms with E-state index < -0.39 is 0 Å². The van der Waals surface area contributed by atoms with Crippen LogP contribution >= 0.6 is 15.9 Å². The van der Waals surface area contributed by atoms with Crippen molar-refractivity contribution in [2.24, 2.45) is 0 Å². The SMILES string of the molecule is CNC(Cc1ccoc1)Cc1cccc(Br)c1. The molecule has 0 radical (unpaired) electrons. The van der Waals surface area contributed by atoms with Crippen LogP contribution in [0, 0.1) is 0 Å². The normalized spacial score (nSPS) is 12.6. The lowest BCUT2D eigenvalue weighted by Gasteiger charge is -2.15. The van der Waals surface area contributed by atoms with Crippen LogP contribution in [0.15, 0.2) is 51.7 Å². The number of furan rings is 1. The summed E-state index contributed by atoms with van der Waals surface area (Å²) in [5.41, 5.74) is 2.57. The van der Waals surface area contributed by atoms with Crippen molar-refractivity contribution in [3.8, 4) is 0 Å². The maximum Gasteiger partial charge on any atom is 0.0935 e. The number of hydrogen-bond donors (Lipinski definition) is 1. The molecule has 1 aromatic carbocycles. The minimum atomic E-state index is 0.432. The predicted octanol–water partition coefficient (Wildman–Crippen LogP) is 3.42. The van der Waals surface area contributed by atoms with Gasteiger partial charge >= 0.3 is 0 Å². The fraction of sp³-hybridized carbons (Fsp3) is 0.286. The second-order valence-corrected chi connectivity index (χ2v) is 5.07. The Morgan fingerprint density at radius 3 is 2.71 bits per heavy atom. The Hall–Kier alpha value is -1.06. The van der Waals surface area contributed by atoms with Crippen LogP contribution in [-0.4, -0.2) is 13.1 Å². The van der Waals surface area contributed by atoms with E-state index >= 15 is 0 Å². The molecule has 17 heavy (non-hydrogen) atoms. The molecule has 0 saturated carbocycles. The smallest absolute Gasteiger partial charge is 0.0935 e. The summed E-state index contributed by atoms with van der Waals surface area (Å²) in [5, 5.41) is 3.35. The lowest BCUT2D eigenvalue weighted by Crippen LogP contribution is -2.29. The summed E-state index contributed by atoms with van der Waals surface area (Å²) in [4.78, 5) is 0. The van der Waals surface area contributed by atoms with Gasteiger partial charge in [-0.15, -0.1) is 0 Å². The van der Waals surface area contributed by atoms with Gasteiger partial charge in [0, 0.05) is 10.5 Å². The molecule has 90 valence electrons. The zero-order valence-electron chi connectivity index (χ0n) is 9.82. The summed E-state index contributed by atoms with van der Waals surface area (Å²) in [7, 11) is 2.00. The van der Waals surface area contributed by atoms with E-state index in [0.717, 1.165) is 17.3 Å². The first-order valence-corrected chi connectivity index (χ1v) is 6.50. The van der Waals surface area contributed by atoms with E-state index in [9.17, 15) is 0 Å². The summed E-state index contributed by atoms with van der Waals surface area (Å²) >= 11 is 3.50. The summed E-state index contributed by atoms with van der Waals surface area (Å²) in [5.74, 6) is 0. The minimum absolute atomic E-state index is 0.432. The average molecular weight is 294 g/mol. The highest BCUT2D eigenvalue weighted by atomic mass is 79.9. The second kappa shape index (κ2) is 6.03. The van der Waals surface area contributed by atoms with E-state index in [1.165, 1.54) is 11.1 Å². The monoisotopic (exact) mass is 293 g/mol. The first kappa shape index (κ1) is 12.4. The van der Waals surface area contributed by atoms with Gasteiger partial charge in [-0.2, -0.15) is 0 Å². The van der Waals surface area contributed by atoms with Crippen LogP contribution in [0.25, 0.3) is 0 Å². The Morgan fingerprint density at radius 1 is 1.24 bits per heavy atom. The van der Waals surface area contributed by atoms with Gasteiger partial charge in [-0.1, -0.05) is 28.1 Å². The molecule has 0 saturated heterocycles. The van der Waals surface area contributed by atoms with Crippen LogP contribution in [0.3, 0.4) is 0 Å². The standard InChI is InChI=1S/C14H16BrNO/c1-16-14(9-12-5-6-17-10-12)8-11-3-2-4-13(15)7-11/h2-7,10,14,16H,8-9H2,1H3. The third-order valence-electron chi connectivity index (χ3n) is 2.84. The van der Waals surface area contributed by atoms with Crippen molar-refractivity contribution >= 4 is 15.9 Å². The summed E-state index contributed by atoms with van der Waals surface area (Å²) in [6, 6.07) is 10.9. The van der Waals surface area contributed by atoms with Gasteiger partial charge in [0.05, 0.1) is 12.5 Å². The topological polar surface area (TPSA) is 25.2 Å². The third kappa shape index (κ3) is 3.72. The molecule has 1 aromatic heterocycles. The van der Waals surface area contributed by atoms with Gasteiger partial charge in [-0.05, 0) is 49.2 Å². The van der Waals surface area contributed by atoms with E-state index in [2.05, 4.69) is 39.4 Å². The van der Waals surface area contributed by atoms with Crippen LogP contribution in [0.1, 0.15) is 11.1 Å². The summed E-state index contributed by atoms with van der Waals surface area (Å²) in [6.45, 7) is 0. The first-order chi connectivity index (χ1) is 8.28. The minimum Gasteiger partial charge on any atom is -0.472 e. The van der Waals surface area contributed by atoms with Crippen LogP contribution in [0.2, 0.25) is 0 Å². The van der Waals surface area contributed by atoms with Gasteiger partial charge in [0.25, 0.3) is 0 Å². The molecule has 0 aliphatic rings. The predicted molar refractivity (Wildman–Crippen MR) is 73.1 cm³/mol. The summed E-state index contributed by atoms with van der Waals surface area (Å²) < 4.78 is 6.23. The van der Waals surface area contributed by atoms with Crippen molar-refractivity contribution in [1.82, 2.24) is 5.32 Å². The molecule has 0 spiro atoms. The molecule has 0 amide bonds. The number of benzene rings is 1. The number of nitrogens with one attached hydrogen (secondary N) is 1. The maximum absolute atomic E-state index is 5.09. The van der Waals surface area contributed by atoms with Crippen LogP contribution in [0.4, 0.5) is 0 Å². The molecule has 0 aliphatic heterocycles. The number of rotatable bonds is 5. The third-order valence-corrected chi connectivity index (χ3v) is 3.33. The highest BCUT2D eigenvalue weighted by Crippen LogP contribution is 2.14. The summed E-state index contributed by atoms with van der Waals surface area (Å²) in [6.07, 6.45) is 5.53. The van der Waals surface area contributed by atoms with Gasteiger partial charge in [0.2, 0.25) is 0 Å². The average Bonchev–Trinajstić information content (AvgIpc) is 2.81. The van der Waals surface area contributed by atoms with Gasteiger partial charge in [0.15, 0.2) is 0 Å². The molecular formula is C14H16BrNO. The van der Waals surface area contributed by atoms with Crippen LogP contribution < -0.4 is 5.32 Å². The maximum atomic E-state index is 5.09. The van der Waals surface area contributed by atoms with Gasteiger partial charge in [-0.3, -0.25) is 0 Å². The van der Waals surface area contributed by atoms with Crippen molar-refractivity contribution in [1.29, 1.82) is 0 Å². The van der Waals surface area contributed by atoms with Gasteiger partial charge in [-0.25, -0.2) is 0 Å². The molecule has 2 aromatic rings. The highest BCUT2D eigenvalue weighted by Gasteiger charge is 2.09. The number of hydrogen-bond acceptors (Lipinski definition) is 2. The van der Waals surface area contributed by atoms with E-state index in [-0.39, 0.29) is 0 Å². The zero-order chi connectivity index (χ0) is 12.1. The lowest BCUT2D eigenvalue weighted by atomic mass is 10.0. The fourth-order valence-electron chi connectivity index (χ4n) is 1.92. The Kier molecular flexibility index (Phi) is 4.40. The van der Waals surface area contributed by atoms with Crippen molar-refractivity contribution < 1.29 is 4.42 Å². The van der Waals surface area contributed by atoms with E-state index in [0.29, 0.717) is 6.04 Å². The molecule has 0 aliphatic carbocycles. The van der Waals surface area contributed by atoms with E-state index in [1.54, 1.807) is 6.26 Å². The first-order valence-electron chi connectivity index (χ1n) is 5.70. The number of halogens is 1. The zero-order valence-corrected chi connectivity index (χ0v) is 11.4. The van der Waals surface area contributed by atoms with Crippen molar-refractivity contribution in [2.45, 2.75) is 18.9 Å². The molecule has 2 rings (SSSR count). The van der Waals surface area contributed by atoms with Crippen molar-refractivity contribution in [3.05, 3.63) is 58.5 Å². The Balaban J connectivity index is 2.00. The van der Waals surface area contributed by atoms with Crippen LogP contribution in [-0.2, 0) is 12.8 Å². The largest absolute Gasteiger partial charge is 0.472 e. The Morgan fingerprint density at radius 2 is 2.06 bits per heavy atom. The quantitative estimate of drug-likeness (QED) is 0.914. The Labute approximate surface area is 110 Å². The molecule has 1 atom stereocenters. The van der Waals surface area contributed by atoms with Gasteiger partial charge in [0.1, 0.15) is 0 Å². The van der Waals surface area contributed by atoms with E-state index in [4.69, 9.17) is 4.42 Å². The second-order valence-electron chi connectivity index (χ2n) is 4.16.